The predicted octanol–water partition coefficient (Wildman–Crippen LogP) is 2.89. The Morgan fingerprint density at radius 3 is 1.05 bits per heavy atom. The Morgan fingerprint density at radius 2 is 0.800 bits per heavy atom. The molecule has 0 saturated carbocycles. The molecule has 0 nitrogen and oxygen atoms in total. The number of hydrogen-bond acceptors (Lipinski definition) is 0. The minimum absolute atomic E-state index is 0.621. The van der Waals surface area contributed by atoms with Crippen molar-refractivity contribution in [2.24, 2.45) is 0 Å². The molecule has 0 saturated heterocycles. The Labute approximate surface area is 148 Å². The number of hydrogen-bond donors (Lipinski definition) is 0. The van der Waals surface area contributed by atoms with Crippen molar-refractivity contribution in [3.8, 4) is 0 Å². The fourth-order valence-corrected chi connectivity index (χ4v) is 9.70. The molecule has 3 rings (SSSR count). The molecule has 0 heterocycles. The predicted molar refractivity (Wildman–Crippen MR) is 89.8 cm³/mol. The van der Waals surface area contributed by atoms with Gasteiger partial charge in [-0.3, -0.25) is 0 Å². The van der Waals surface area contributed by atoms with Crippen molar-refractivity contribution in [2.75, 3.05) is 0 Å². The monoisotopic (exact) mass is 401 g/mol. The first-order valence-corrected chi connectivity index (χ1v) is 13.3. The topological polar surface area (TPSA) is 0 Å². The third-order valence-electron chi connectivity index (χ3n) is 2.53. The van der Waals surface area contributed by atoms with Gasteiger partial charge in [0.2, 0.25) is 0 Å². The van der Waals surface area contributed by atoms with Gasteiger partial charge in [-0.25, -0.2) is 0 Å². The van der Waals surface area contributed by atoms with Crippen LogP contribution >= 0.6 is 8.92 Å². The molecule has 0 radical (unpaired) electrons. The van der Waals surface area contributed by atoms with Crippen molar-refractivity contribution in [2.45, 2.75) is 0 Å². The third kappa shape index (κ3) is 2.50. The van der Waals surface area contributed by atoms with Gasteiger partial charge in [0.05, 0.1) is 0 Å². The van der Waals surface area contributed by atoms with Crippen molar-refractivity contribution in [1.82, 2.24) is 0 Å². The molecule has 0 aliphatic rings. The normalized spacial score (nSPS) is 21.8. The second-order valence-corrected chi connectivity index (χ2v) is 15.5. The molecule has 3 aromatic rings. The number of rotatable bonds is 3. The molecule has 0 atom stereocenters. The van der Waals surface area contributed by atoms with Gasteiger partial charge in [0.15, 0.2) is 0 Å². The Kier molecular flexibility index (Phi) is 1.39. The summed E-state index contributed by atoms with van der Waals surface area (Å²) < 4.78 is 121. The summed E-state index contributed by atoms with van der Waals surface area (Å²) in [5.74, 6) is 0. The van der Waals surface area contributed by atoms with Crippen LogP contribution in [0.3, 0.4) is 0 Å². The van der Waals surface area contributed by atoms with Gasteiger partial charge < -0.3 is 0 Å². The standard InChI is InChI=1S/3C6H5.ClH.Sn/c3*1-2-4-6-5-3-1;;/h3*1-5H;1H;/q;;;;+1/p-1/i3*1D,2D,3D,4D,5D;;. The molecule has 0 aliphatic carbocycles. The molecule has 98 valence electrons. The Hall–Kier alpha value is -1.25. The van der Waals surface area contributed by atoms with Crippen LogP contribution in [0.15, 0.2) is 90.6 Å². The molecular formula is C18H15ClSn. The van der Waals surface area contributed by atoms with Gasteiger partial charge in [0.1, 0.15) is 0 Å². The van der Waals surface area contributed by atoms with Crippen LogP contribution in [0.2, 0.25) is 0 Å². The van der Waals surface area contributed by atoms with Crippen LogP contribution in [0.25, 0.3) is 0 Å². The summed E-state index contributed by atoms with van der Waals surface area (Å²) in [6, 6.07) is -12.4. The van der Waals surface area contributed by atoms with Gasteiger partial charge in [0.25, 0.3) is 0 Å². The van der Waals surface area contributed by atoms with E-state index >= 15 is 0 Å². The molecule has 3 aromatic carbocycles. The Balaban J connectivity index is 2.78. The van der Waals surface area contributed by atoms with Gasteiger partial charge in [-0.05, 0) is 0 Å². The SMILES string of the molecule is [2H]c1c([2H])c([2H])[c]([Sn]([Cl])([c]2c([2H])c([2H])c([2H])c([2H])c2[2H])[c]2c([2H])c([2H])c([2H])c([2H])c2[2H])c([2H])c1[2H]. The van der Waals surface area contributed by atoms with Gasteiger partial charge in [-0.1, -0.05) is 0 Å². The summed E-state index contributed by atoms with van der Waals surface area (Å²) in [5, 5.41) is 0. The van der Waals surface area contributed by atoms with E-state index in [4.69, 9.17) is 29.5 Å². The van der Waals surface area contributed by atoms with Crippen molar-refractivity contribution < 1.29 is 20.6 Å². The summed E-state index contributed by atoms with van der Waals surface area (Å²) >= 11 is -6.12. The van der Waals surface area contributed by atoms with E-state index < -0.39 is 119 Å². The summed E-state index contributed by atoms with van der Waals surface area (Å²) in [6.45, 7) is 0. The maximum absolute atomic E-state index is 8.46. The fraction of sp³-hybridized carbons (Fsp3) is 0. The Morgan fingerprint density at radius 1 is 0.550 bits per heavy atom. The van der Waals surface area contributed by atoms with E-state index in [-0.39, 0.29) is 0 Å². The second kappa shape index (κ2) is 6.02. The van der Waals surface area contributed by atoms with Gasteiger partial charge in [-0.2, -0.15) is 0 Å². The van der Waals surface area contributed by atoms with Gasteiger partial charge in [-0.15, -0.1) is 0 Å². The van der Waals surface area contributed by atoms with Crippen LogP contribution in [0.5, 0.6) is 0 Å². The van der Waals surface area contributed by atoms with Gasteiger partial charge >= 0.3 is 148 Å². The van der Waals surface area contributed by atoms with Crippen LogP contribution < -0.4 is 10.7 Å². The van der Waals surface area contributed by atoms with Crippen LogP contribution in [0, 0.1) is 0 Å². The number of halogens is 1. The summed E-state index contributed by atoms with van der Waals surface area (Å²) in [4.78, 5) is 0. The third-order valence-corrected chi connectivity index (χ3v) is 14.4. The van der Waals surface area contributed by atoms with E-state index in [1.54, 1.807) is 0 Å². The molecular weight excluding hydrogens is 370 g/mol. The maximum atomic E-state index is 8.46. The summed E-state index contributed by atoms with van der Waals surface area (Å²) in [6.07, 6.45) is 0. The zero-order valence-corrected chi connectivity index (χ0v) is 13.5. The first-order valence-electron chi connectivity index (χ1n) is 12.9. The van der Waals surface area contributed by atoms with E-state index in [1.165, 1.54) is 0 Å². The molecule has 0 aromatic heterocycles. The molecule has 0 fully saturated rings. The zero-order chi connectivity index (χ0) is 26.9. The molecule has 0 unspecified atom stereocenters. The average molecular weight is 401 g/mol. The Bertz CT molecular complexity index is 1170. The van der Waals surface area contributed by atoms with Crippen molar-refractivity contribution in [3.05, 3.63) is 90.6 Å². The molecule has 20 heavy (non-hydrogen) atoms. The molecule has 0 N–H and O–H groups in total. The minimum atomic E-state index is -6.12. The van der Waals surface area contributed by atoms with Crippen molar-refractivity contribution >= 4 is 36.9 Å². The van der Waals surface area contributed by atoms with E-state index in [1.807, 2.05) is 0 Å². The van der Waals surface area contributed by atoms with Crippen molar-refractivity contribution in [1.29, 1.82) is 0 Å². The number of benzene rings is 3. The van der Waals surface area contributed by atoms with E-state index in [0.29, 0.717) is 0 Å². The van der Waals surface area contributed by atoms with Crippen molar-refractivity contribution in [3.63, 3.8) is 0 Å². The molecule has 0 bridgehead atoms. The first-order chi connectivity index (χ1) is 16.0. The van der Waals surface area contributed by atoms with E-state index in [9.17, 15) is 0 Å². The molecule has 0 amide bonds. The second-order valence-electron chi connectivity index (χ2n) is 3.66. The quantitative estimate of drug-likeness (QED) is 0.593. The summed E-state index contributed by atoms with van der Waals surface area (Å²) in [5.41, 5.74) is 0. The average Bonchev–Trinajstić information content (AvgIpc) is 2.81. The van der Waals surface area contributed by atoms with Crippen LogP contribution in [0.1, 0.15) is 20.6 Å². The van der Waals surface area contributed by atoms with Gasteiger partial charge in [0, 0.05) is 0 Å². The summed E-state index contributed by atoms with van der Waals surface area (Å²) in [7, 11) is 7.14. The van der Waals surface area contributed by atoms with E-state index in [2.05, 4.69) is 0 Å². The fourth-order valence-electron chi connectivity index (χ4n) is 1.64. The van der Waals surface area contributed by atoms with Crippen LogP contribution in [-0.4, -0.2) is 17.3 Å². The molecule has 0 aliphatic heterocycles. The van der Waals surface area contributed by atoms with Crippen LogP contribution in [-0.2, 0) is 0 Å². The van der Waals surface area contributed by atoms with Crippen LogP contribution in [0.4, 0.5) is 0 Å². The van der Waals surface area contributed by atoms with E-state index in [0.717, 1.165) is 0 Å². The molecule has 0 spiro atoms. The zero-order valence-electron chi connectivity index (χ0n) is 24.9. The first kappa shape index (κ1) is 4.62. The molecule has 2 heteroatoms.